The normalized spacial score (nSPS) is 18.7. The van der Waals surface area contributed by atoms with Crippen LogP contribution in [-0.4, -0.2) is 76.8 Å². The molecule has 1 N–H and O–H groups in total. The molecule has 3 aromatic carbocycles. The summed E-state index contributed by atoms with van der Waals surface area (Å²) in [5.41, 5.74) is 2.85. The van der Waals surface area contributed by atoms with Crippen LogP contribution in [0.1, 0.15) is 30.9 Å². The maximum atomic E-state index is 13.8. The molecule has 0 aliphatic carbocycles. The third-order valence-corrected chi connectivity index (χ3v) is 7.38. The maximum Gasteiger partial charge on any atom is 0.345 e. The molecule has 1 amide bonds. The van der Waals surface area contributed by atoms with Crippen molar-refractivity contribution >= 4 is 23.4 Å². The second kappa shape index (κ2) is 13.3. The van der Waals surface area contributed by atoms with E-state index in [1.54, 1.807) is 46.3 Å². The summed E-state index contributed by atoms with van der Waals surface area (Å²) in [5.74, 6) is 0.820. The van der Waals surface area contributed by atoms with Gasteiger partial charge in [-0.2, -0.15) is 5.10 Å². The molecule has 9 nitrogen and oxygen atoms in total. The fraction of sp³-hybridized carbons (Fsp3) is 0.333. The number of benzene rings is 3. The van der Waals surface area contributed by atoms with E-state index in [9.17, 15) is 14.7 Å². The number of carboxylic acids is 1. The predicted molar refractivity (Wildman–Crippen MR) is 161 cm³/mol. The first-order valence-corrected chi connectivity index (χ1v) is 14.3. The van der Waals surface area contributed by atoms with Gasteiger partial charge < -0.3 is 14.6 Å². The van der Waals surface area contributed by atoms with E-state index in [1.165, 1.54) is 0 Å². The van der Waals surface area contributed by atoms with Gasteiger partial charge in [0.1, 0.15) is 30.0 Å². The van der Waals surface area contributed by atoms with E-state index in [2.05, 4.69) is 12.0 Å². The zero-order chi connectivity index (χ0) is 29.5. The van der Waals surface area contributed by atoms with Crippen LogP contribution in [-0.2, 0) is 22.4 Å². The van der Waals surface area contributed by atoms with Crippen LogP contribution in [0, 0.1) is 0 Å². The number of carboxylic acid groups (broad SMARTS) is 1. The van der Waals surface area contributed by atoms with Gasteiger partial charge in [-0.3, -0.25) is 19.7 Å². The van der Waals surface area contributed by atoms with Crippen molar-refractivity contribution in [1.29, 1.82) is 0 Å². The number of rotatable bonds is 13. The molecular weight excluding hydrogens is 532 g/mol. The summed E-state index contributed by atoms with van der Waals surface area (Å²) in [7, 11) is 1.84. The number of hydrazone groups is 1. The van der Waals surface area contributed by atoms with Gasteiger partial charge in [-0.15, -0.1) is 0 Å². The van der Waals surface area contributed by atoms with Crippen LogP contribution in [0.3, 0.4) is 0 Å². The fourth-order valence-corrected chi connectivity index (χ4v) is 5.31. The number of fused-ring (bicyclic) bond motifs is 1. The molecule has 3 atom stereocenters. The van der Waals surface area contributed by atoms with E-state index in [1.807, 2.05) is 55.6 Å². The minimum absolute atomic E-state index is 0.0182. The van der Waals surface area contributed by atoms with Crippen molar-refractivity contribution in [1.82, 2.24) is 9.91 Å². The van der Waals surface area contributed by atoms with Gasteiger partial charge in [-0.25, -0.2) is 4.79 Å². The molecule has 0 saturated carbocycles. The van der Waals surface area contributed by atoms with E-state index < -0.39 is 18.1 Å². The van der Waals surface area contributed by atoms with Gasteiger partial charge in [0, 0.05) is 19.9 Å². The van der Waals surface area contributed by atoms with E-state index in [0.29, 0.717) is 24.5 Å². The molecular formula is C33H36N4O5. The fourth-order valence-electron chi connectivity index (χ4n) is 5.31. The van der Waals surface area contributed by atoms with Crippen LogP contribution in [0.15, 0.2) is 95.0 Å². The van der Waals surface area contributed by atoms with Gasteiger partial charge in [0.25, 0.3) is 5.91 Å². The Hall–Kier alpha value is -4.66. The largest absolute Gasteiger partial charge is 0.492 e. The molecule has 9 heteroatoms. The highest BCUT2D eigenvalue weighted by atomic mass is 16.5. The second-order valence-electron chi connectivity index (χ2n) is 10.5. The number of likely N-dealkylation sites (N-methyl/N-ethyl adjacent to an activating group) is 1. The highest BCUT2D eigenvalue weighted by Crippen LogP contribution is 2.27. The Morgan fingerprint density at radius 1 is 0.952 bits per heavy atom. The number of carbonyl (C=O) groups is 2. The Kier molecular flexibility index (Phi) is 9.16. The molecule has 2 aliphatic heterocycles. The van der Waals surface area contributed by atoms with Crippen molar-refractivity contribution in [2.75, 3.05) is 20.2 Å². The number of carbonyl (C=O) groups excluding carboxylic acids is 1. The molecule has 5 rings (SSSR count). The number of aliphatic carboxylic acids is 1. The monoisotopic (exact) mass is 568 g/mol. The van der Waals surface area contributed by atoms with Gasteiger partial charge >= 0.3 is 5.97 Å². The zero-order valence-corrected chi connectivity index (χ0v) is 23.9. The quantitative estimate of drug-likeness (QED) is 0.327. The molecule has 2 unspecified atom stereocenters. The van der Waals surface area contributed by atoms with Crippen LogP contribution in [0.25, 0.3) is 0 Å². The van der Waals surface area contributed by atoms with Crippen LogP contribution >= 0.6 is 0 Å². The Bertz CT molecular complexity index is 1430. The Labute approximate surface area is 246 Å². The molecule has 0 saturated heterocycles. The lowest BCUT2D eigenvalue weighted by atomic mass is 9.97. The minimum Gasteiger partial charge on any atom is -0.492 e. The van der Waals surface area contributed by atoms with Crippen molar-refractivity contribution < 1.29 is 24.2 Å². The number of aliphatic imine (C=N–C) groups is 1. The van der Waals surface area contributed by atoms with Gasteiger partial charge in [0.05, 0.1) is 12.3 Å². The lowest BCUT2D eigenvalue weighted by Gasteiger charge is -2.35. The van der Waals surface area contributed by atoms with Gasteiger partial charge in [-0.05, 0) is 41.8 Å². The van der Waals surface area contributed by atoms with E-state index >= 15 is 0 Å². The number of hydrogen-bond donors (Lipinski definition) is 1. The van der Waals surface area contributed by atoms with Gasteiger partial charge in [0.2, 0.25) is 0 Å². The van der Waals surface area contributed by atoms with Crippen molar-refractivity contribution in [3.05, 3.63) is 96.1 Å². The molecule has 0 aromatic heterocycles. The first-order chi connectivity index (χ1) is 20.4. The lowest BCUT2D eigenvalue weighted by molar-refractivity contribution is -0.145. The minimum atomic E-state index is -1.03. The Morgan fingerprint density at radius 2 is 1.64 bits per heavy atom. The van der Waals surface area contributed by atoms with Crippen molar-refractivity contribution in [2.45, 2.75) is 50.8 Å². The van der Waals surface area contributed by atoms with E-state index in [0.717, 1.165) is 35.5 Å². The summed E-state index contributed by atoms with van der Waals surface area (Å²) >= 11 is 0. The SMILES string of the molecule is CCCC1=NN(C)C2C(=O)N(CCOc3ccc(C[C@H](Oc4ccccc4)C(=O)O)cc3)C(Cc3ccccc3)=NC12. The Balaban J connectivity index is 1.23. The third kappa shape index (κ3) is 6.79. The third-order valence-electron chi connectivity index (χ3n) is 7.38. The van der Waals surface area contributed by atoms with Crippen LogP contribution in [0.4, 0.5) is 0 Å². The summed E-state index contributed by atoms with van der Waals surface area (Å²) in [6.07, 6.45) is 1.51. The molecule has 0 radical (unpaired) electrons. The number of hydrogen-bond acceptors (Lipinski definition) is 7. The molecule has 2 heterocycles. The number of ether oxygens (including phenoxy) is 2. The van der Waals surface area contributed by atoms with Crippen molar-refractivity contribution in [3.8, 4) is 11.5 Å². The maximum absolute atomic E-state index is 13.8. The predicted octanol–water partition coefficient (Wildman–Crippen LogP) is 4.46. The zero-order valence-electron chi connectivity index (χ0n) is 23.9. The second-order valence-corrected chi connectivity index (χ2v) is 10.5. The summed E-state index contributed by atoms with van der Waals surface area (Å²) in [4.78, 5) is 32.3. The standard InChI is InChI=1S/C33H36N4O5/c1-3-10-27-30-31(36(2)35-27)32(38)37(29(34-30)22-23-11-6-4-7-12-23)19-20-41-25-17-15-24(16-18-25)21-28(33(39)40)42-26-13-8-5-9-14-26/h4-9,11-18,28,30-31H,3,10,19-22H2,1-2H3,(H,39,40)/t28-,30?,31?/m0/s1. The van der Waals surface area contributed by atoms with Crippen LogP contribution < -0.4 is 9.47 Å². The first-order valence-electron chi connectivity index (χ1n) is 14.3. The van der Waals surface area contributed by atoms with Crippen molar-refractivity contribution in [3.63, 3.8) is 0 Å². The number of amidine groups is 1. The topological polar surface area (TPSA) is 104 Å². The molecule has 2 aliphatic rings. The van der Waals surface area contributed by atoms with E-state index in [-0.39, 0.29) is 25.0 Å². The first kappa shape index (κ1) is 28.9. The number of nitrogens with zero attached hydrogens (tertiary/aromatic N) is 4. The smallest absolute Gasteiger partial charge is 0.345 e. The molecule has 0 bridgehead atoms. The van der Waals surface area contributed by atoms with Gasteiger partial charge in [0.15, 0.2) is 12.1 Å². The lowest BCUT2D eigenvalue weighted by Crippen LogP contribution is -2.57. The summed E-state index contributed by atoms with van der Waals surface area (Å²) in [6, 6.07) is 25.5. The number of para-hydroxylation sites is 1. The Morgan fingerprint density at radius 3 is 2.31 bits per heavy atom. The van der Waals surface area contributed by atoms with E-state index in [4.69, 9.17) is 14.5 Å². The molecule has 218 valence electrons. The molecule has 3 aromatic rings. The summed E-state index contributed by atoms with van der Waals surface area (Å²) < 4.78 is 11.7. The molecule has 42 heavy (non-hydrogen) atoms. The van der Waals surface area contributed by atoms with Gasteiger partial charge in [-0.1, -0.05) is 74.0 Å². The molecule has 0 spiro atoms. The van der Waals surface area contributed by atoms with Crippen LogP contribution in [0.5, 0.6) is 11.5 Å². The summed E-state index contributed by atoms with van der Waals surface area (Å²) in [5, 5.41) is 16.0. The summed E-state index contributed by atoms with van der Waals surface area (Å²) in [6.45, 7) is 2.73. The molecule has 0 fully saturated rings. The number of amides is 1. The highest BCUT2D eigenvalue weighted by molar-refractivity contribution is 6.09. The van der Waals surface area contributed by atoms with Crippen LogP contribution in [0.2, 0.25) is 0 Å². The average Bonchev–Trinajstić information content (AvgIpc) is 3.31. The highest BCUT2D eigenvalue weighted by Gasteiger charge is 2.46. The van der Waals surface area contributed by atoms with Crippen molar-refractivity contribution in [2.24, 2.45) is 10.1 Å². The average molecular weight is 569 g/mol.